The lowest BCUT2D eigenvalue weighted by Gasteiger charge is -2.39. The molecule has 154 valence electrons. The molecule has 2 aliphatic rings. The molecule has 1 aromatic carbocycles. The van der Waals surface area contributed by atoms with Gasteiger partial charge in [-0.25, -0.2) is 0 Å². The van der Waals surface area contributed by atoms with Gasteiger partial charge in [0.05, 0.1) is 6.61 Å². The summed E-state index contributed by atoms with van der Waals surface area (Å²) < 4.78 is 11.4. The molecule has 8 nitrogen and oxygen atoms in total. The maximum Gasteiger partial charge on any atom is 0.229 e. The van der Waals surface area contributed by atoms with E-state index in [2.05, 4.69) is 16.9 Å². The van der Waals surface area contributed by atoms with E-state index in [0.717, 1.165) is 29.4 Å². The summed E-state index contributed by atoms with van der Waals surface area (Å²) in [5.74, 6) is 0.521. The van der Waals surface area contributed by atoms with Crippen LogP contribution in [0, 0.1) is 0 Å². The van der Waals surface area contributed by atoms with Crippen molar-refractivity contribution in [1.29, 1.82) is 0 Å². The summed E-state index contributed by atoms with van der Waals surface area (Å²) in [6.07, 6.45) is -1.17. The molecule has 0 amide bonds. The Morgan fingerprint density at radius 3 is 2.68 bits per heavy atom. The van der Waals surface area contributed by atoms with Crippen molar-refractivity contribution in [2.75, 3.05) is 20.2 Å². The van der Waals surface area contributed by atoms with Gasteiger partial charge in [-0.15, -0.1) is 0 Å². The number of aliphatic hydroxyl groups excluding tert-OH is 4. The van der Waals surface area contributed by atoms with Gasteiger partial charge in [-0.05, 0) is 44.0 Å². The molecule has 1 aromatic heterocycles. The number of hydrogen-bond donors (Lipinski definition) is 5. The van der Waals surface area contributed by atoms with Crippen LogP contribution in [0.4, 0.5) is 0 Å². The average molecular weight is 392 g/mol. The predicted octanol–water partition coefficient (Wildman–Crippen LogP) is -0.0167. The maximum atomic E-state index is 10.3. The van der Waals surface area contributed by atoms with Crippen LogP contribution in [0.3, 0.4) is 0 Å². The molecule has 1 saturated heterocycles. The van der Waals surface area contributed by atoms with Crippen molar-refractivity contribution in [1.82, 2.24) is 9.88 Å². The molecule has 8 heteroatoms. The van der Waals surface area contributed by atoms with Crippen LogP contribution in [0.1, 0.15) is 18.4 Å². The molecule has 1 aliphatic carbocycles. The highest BCUT2D eigenvalue weighted by molar-refractivity contribution is 5.89. The lowest BCUT2D eigenvalue weighted by molar-refractivity contribution is -0.277. The topological polar surface area (TPSA) is 118 Å². The number of aromatic nitrogens is 1. The summed E-state index contributed by atoms with van der Waals surface area (Å²) in [7, 11) is 2.14. The van der Waals surface area contributed by atoms with Gasteiger partial charge < -0.3 is 39.8 Å². The van der Waals surface area contributed by atoms with Crippen LogP contribution in [-0.4, -0.2) is 87.3 Å². The summed E-state index contributed by atoms with van der Waals surface area (Å²) in [5, 5.41) is 40.5. The monoisotopic (exact) mass is 392 g/mol. The maximum absolute atomic E-state index is 10.3. The van der Waals surface area contributed by atoms with Gasteiger partial charge in [0.2, 0.25) is 6.29 Å². The van der Waals surface area contributed by atoms with Crippen LogP contribution in [0.2, 0.25) is 0 Å². The summed E-state index contributed by atoms with van der Waals surface area (Å²) in [4.78, 5) is 5.61. The molecule has 5 N–H and O–H groups in total. The molecule has 0 spiro atoms. The third-order valence-electron chi connectivity index (χ3n) is 5.74. The van der Waals surface area contributed by atoms with Crippen molar-refractivity contribution in [3.63, 3.8) is 0 Å². The third-order valence-corrected chi connectivity index (χ3v) is 5.74. The predicted molar refractivity (Wildman–Crippen MR) is 102 cm³/mol. The van der Waals surface area contributed by atoms with Crippen LogP contribution < -0.4 is 4.74 Å². The molecule has 2 heterocycles. The number of aliphatic hydroxyl groups is 4. The minimum Gasteiger partial charge on any atom is -0.461 e. The second kappa shape index (κ2) is 7.98. The molecule has 0 unspecified atom stereocenters. The van der Waals surface area contributed by atoms with Crippen LogP contribution in [0.15, 0.2) is 24.4 Å². The van der Waals surface area contributed by atoms with Crippen molar-refractivity contribution >= 4 is 10.9 Å². The number of benzene rings is 1. The van der Waals surface area contributed by atoms with E-state index < -0.39 is 37.3 Å². The third kappa shape index (κ3) is 3.76. The van der Waals surface area contributed by atoms with Gasteiger partial charge in [0.1, 0.15) is 30.2 Å². The summed E-state index contributed by atoms with van der Waals surface area (Å²) in [5.41, 5.74) is 2.01. The van der Waals surface area contributed by atoms with E-state index in [9.17, 15) is 20.4 Å². The van der Waals surface area contributed by atoms with E-state index in [-0.39, 0.29) is 0 Å². The number of hydrogen-bond acceptors (Lipinski definition) is 7. The normalized spacial score (nSPS) is 30.9. The zero-order chi connectivity index (χ0) is 19.8. The van der Waals surface area contributed by atoms with Crippen molar-refractivity contribution in [2.24, 2.45) is 0 Å². The number of aromatic amines is 1. The number of nitrogens with zero attached hydrogens (tertiary/aromatic N) is 1. The van der Waals surface area contributed by atoms with Gasteiger partial charge in [-0.2, -0.15) is 0 Å². The van der Waals surface area contributed by atoms with E-state index >= 15 is 0 Å². The molecular weight excluding hydrogens is 364 g/mol. The lowest BCUT2D eigenvalue weighted by Crippen LogP contribution is -2.60. The summed E-state index contributed by atoms with van der Waals surface area (Å²) in [6.45, 7) is 0.448. The van der Waals surface area contributed by atoms with Crippen LogP contribution in [0.5, 0.6) is 5.75 Å². The van der Waals surface area contributed by atoms with E-state index in [1.807, 2.05) is 18.3 Å². The van der Waals surface area contributed by atoms with Crippen molar-refractivity contribution in [3.8, 4) is 5.75 Å². The fourth-order valence-electron chi connectivity index (χ4n) is 3.80. The fraction of sp³-hybridized carbons (Fsp3) is 0.600. The Balaban J connectivity index is 1.55. The number of nitrogens with one attached hydrogen (secondary N) is 1. The summed E-state index contributed by atoms with van der Waals surface area (Å²) >= 11 is 0. The number of fused-ring (bicyclic) bond motifs is 1. The Kier molecular flexibility index (Phi) is 5.59. The number of ether oxygens (including phenoxy) is 2. The molecule has 0 bridgehead atoms. The Hall–Kier alpha value is -1.68. The second-order valence-electron chi connectivity index (χ2n) is 7.77. The van der Waals surface area contributed by atoms with Gasteiger partial charge >= 0.3 is 0 Å². The number of rotatable bonds is 7. The first kappa shape index (κ1) is 19.6. The smallest absolute Gasteiger partial charge is 0.229 e. The van der Waals surface area contributed by atoms with Gasteiger partial charge in [0, 0.05) is 29.7 Å². The van der Waals surface area contributed by atoms with E-state index in [1.54, 1.807) is 6.07 Å². The molecule has 2 fully saturated rings. The standard InChI is InChI=1S/C20H28N2O6/c1-22(12-5-6-12)8-7-11-9-21-13-3-2-4-14(16(11)13)27-20-19(26)18(25)17(24)15(10-23)28-20/h2-4,9,12,15,17-21,23-26H,5-8,10H2,1H3/t15-,17-,18+,19-,20+/m1/s1. The van der Waals surface area contributed by atoms with Crippen LogP contribution >= 0.6 is 0 Å². The second-order valence-corrected chi connectivity index (χ2v) is 7.77. The zero-order valence-corrected chi connectivity index (χ0v) is 15.9. The van der Waals surface area contributed by atoms with Gasteiger partial charge in [0.15, 0.2) is 0 Å². The zero-order valence-electron chi connectivity index (χ0n) is 15.9. The van der Waals surface area contributed by atoms with E-state index in [1.165, 1.54) is 12.8 Å². The number of likely N-dealkylation sites (N-methyl/N-ethyl adjacent to an activating group) is 1. The van der Waals surface area contributed by atoms with E-state index in [4.69, 9.17) is 9.47 Å². The van der Waals surface area contributed by atoms with Crippen molar-refractivity contribution in [2.45, 2.75) is 56.0 Å². The highest BCUT2D eigenvalue weighted by Gasteiger charge is 2.44. The first-order valence-corrected chi connectivity index (χ1v) is 9.76. The van der Waals surface area contributed by atoms with Crippen molar-refractivity contribution < 1.29 is 29.9 Å². The first-order chi connectivity index (χ1) is 13.5. The largest absolute Gasteiger partial charge is 0.461 e. The average Bonchev–Trinajstić information content (AvgIpc) is 3.47. The Labute approximate surface area is 163 Å². The highest BCUT2D eigenvalue weighted by Crippen LogP contribution is 2.33. The first-order valence-electron chi connectivity index (χ1n) is 9.76. The highest BCUT2D eigenvalue weighted by atomic mass is 16.7. The van der Waals surface area contributed by atoms with Crippen LogP contribution in [0.25, 0.3) is 10.9 Å². The van der Waals surface area contributed by atoms with Gasteiger partial charge in [-0.3, -0.25) is 0 Å². The number of H-pyrrole nitrogens is 1. The SMILES string of the molecule is CN(CCc1c[nH]c2cccc(O[C@H]3O[C@H](CO)[C@@H](O)[C@H](O)[C@H]3O)c12)C1CC1. The molecule has 4 rings (SSSR count). The molecule has 2 aromatic rings. The quantitative estimate of drug-likeness (QED) is 0.449. The van der Waals surface area contributed by atoms with Gasteiger partial charge in [-0.1, -0.05) is 6.07 Å². The minimum absolute atomic E-state index is 0.488. The molecule has 28 heavy (non-hydrogen) atoms. The Morgan fingerprint density at radius 1 is 1.18 bits per heavy atom. The van der Waals surface area contributed by atoms with Crippen LogP contribution in [-0.2, 0) is 11.2 Å². The minimum atomic E-state index is -1.46. The summed E-state index contributed by atoms with van der Waals surface area (Å²) in [6, 6.07) is 6.25. The molecule has 0 radical (unpaired) electrons. The lowest BCUT2D eigenvalue weighted by atomic mass is 9.99. The Bertz CT molecular complexity index is 805. The fourth-order valence-corrected chi connectivity index (χ4v) is 3.80. The molecule has 1 aliphatic heterocycles. The molecular formula is C20H28N2O6. The molecule has 5 atom stereocenters. The van der Waals surface area contributed by atoms with Gasteiger partial charge in [0.25, 0.3) is 0 Å². The molecule has 1 saturated carbocycles. The Morgan fingerprint density at radius 2 is 1.96 bits per heavy atom. The van der Waals surface area contributed by atoms with E-state index in [0.29, 0.717) is 11.8 Å². The van der Waals surface area contributed by atoms with Crippen molar-refractivity contribution in [3.05, 3.63) is 30.0 Å².